The molecule has 1 aromatic carbocycles. The van der Waals surface area contributed by atoms with E-state index in [1.165, 1.54) is 77.6 Å². The van der Waals surface area contributed by atoms with E-state index in [0.717, 1.165) is 22.4 Å². The van der Waals surface area contributed by atoms with Crippen molar-refractivity contribution in [3.8, 4) is 11.5 Å². The molecule has 0 radical (unpaired) electrons. The maximum absolute atomic E-state index is 12.6. The summed E-state index contributed by atoms with van der Waals surface area (Å²) in [7, 11) is 3.48. The van der Waals surface area contributed by atoms with E-state index in [1.807, 2.05) is 48.3 Å². The molecule has 7 heteroatoms. The van der Waals surface area contributed by atoms with Gasteiger partial charge in [-0.15, -0.1) is 0 Å². The minimum atomic E-state index is -0.680. The number of nitrogens with zero attached hydrogens (tertiary/aromatic N) is 2. The van der Waals surface area contributed by atoms with Gasteiger partial charge in [0.05, 0.1) is 20.3 Å². The highest BCUT2D eigenvalue weighted by atomic mass is 16.6. The first-order chi connectivity index (χ1) is 18.9. The summed E-state index contributed by atoms with van der Waals surface area (Å²) in [6.45, 7) is 4.45. The van der Waals surface area contributed by atoms with Gasteiger partial charge in [0, 0.05) is 18.6 Å². The standard InChI is InChI=1S/C32H49N2O5/c1-5-6-7-8-9-10-11-12-13-14-15-16-22-38-30-20-19-28(23-31(30)37-4)26-39-32(36)34(27(2)35)25-29-18-17-21-33(3)24-29/h17-21,23-24H,5-16,22,25-26H2,1-4H3/q+1. The molecule has 0 bridgehead atoms. The third kappa shape index (κ3) is 13.0. The molecule has 0 aliphatic carbocycles. The van der Waals surface area contributed by atoms with Crippen LogP contribution in [0.5, 0.6) is 11.5 Å². The van der Waals surface area contributed by atoms with Gasteiger partial charge in [0.1, 0.15) is 13.7 Å². The molecule has 7 nitrogen and oxygen atoms in total. The van der Waals surface area contributed by atoms with E-state index >= 15 is 0 Å². The SMILES string of the molecule is CCCCCCCCCCCCCCOc1ccc(COC(=O)N(Cc2ccc[n+](C)c2)C(C)=O)cc1OC. The quantitative estimate of drug-likeness (QED) is 0.138. The Labute approximate surface area is 235 Å². The van der Waals surface area contributed by atoms with Crippen molar-refractivity contribution in [2.75, 3.05) is 13.7 Å². The Morgan fingerprint density at radius 3 is 2.08 bits per heavy atom. The summed E-state index contributed by atoms with van der Waals surface area (Å²) in [6, 6.07) is 9.23. The maximum Gasteiger partial charge on any atom is 0.417 e. The van der Waals surface area contributed by atoms with Crippen LogP contribution in [0.15, 0.2) is 42.7 Å². The van der Waals surface area contributed by atoms with Crippen LogP contribution in [0.4, 0.5) is 4.79 Å². The van der Waals surface area contributed by atoms with Crippen molar-refractivity contribution in [3.05, 3.63) is 53.9 Å². The van der Waals surface area contributed by atoms with Gasteiger partial charge in [-0.2, -0.15) is 0 Å². The topological polar surface area (TPSA) is 69.0 Å². The Bertz CT molecular complexity index is 994. The predicted molar refractivity (Wildman–Crippen MR) is 154 cm³/mol. The number of pyridine rings is 1. The fourth-order valence-corrected chi connectivity index (χ4v) is 4.50. The molecule has 0 aliphatic heterocycles. The van der Waals surface area contributed by atoms with Crippen molar-refractivity contribution < 1.29 is 28.4 Å². The van der Waals surface area contributed by atoms with Crippen LogP contribution < -0.4 is 14.0 Å². The van der Waals surface area contributed by atoms with E-state index in [2.05, 4.69) is 6.92 Å². The van der Waals surface area contributed by atoms with Crippen molar-refractivity contribution in [3.63, 3.8) is 0 Å². The van der Waals surface area contributed by atoms with Gasteiger partial charge in [0.15, 0.2) is 23.9 Å². The summed E-state index contributed by atoms with van der Waals surface area (Å²) in [5, 5.41) is 0. The molecular formula is C32H49N2O5+. The molecule has 0 atom stereocenters. The second kappa shape index (κ2) is 19.0. The van der Waals surface area contributed by atoms with E-state index in [1.54, 1.807) is 13.2 Å². The summed E-state index contributed by atoms with van der Waals surface area (Å²) >= 11 is 0. The Balaban J connectivity index is 1.69. The van der Waals surface area contributed by atoms with Crippen LogP contribution in [0, 0.1) is 0 Å². The number of benzene rings is 1. The zero-order chi connectivity index (χ0) is 28.3. The first-order valence-electron chi connectivity index (χ1n) is 14.6. The van der Waals surface area contributed by atoms with Gasteiger partial charge in [-0.3, -0.25) is 4.79 Å². The molecule has 0 spiro atoms. The van der Waals surface area contributed by atoms with Crippen LogP contribution in [0.3, 0.4) is 0 Å². The molecule has 2 aromatic rings. The number of aromatic nitrogens is 1. The second-order valence-electron chi connectivity index (χ2n) is 10.3. The van der Waals surface area contributed by atoms with Crippen LogP contribution in [-0.2, 0) is 29.7 Å². The smallest absolute Gasteiger partial charge is 0.417 e. The van der Waals surface area contributed by atoms with Gasteiger partial charge in [0.2, 0.25) is 5.91 Å². The fourth-order valence-electron chi connectivity index (χ4n) is 4.50. The third-order valence-corrected chi connectivity index (χ3v) is 6.79. The minimum Gasteiger partial charge on any atom is -0.493 e. The largest absolute Gasteiger partial charge is 0.493 e. The molecule has 0 saturated carbocycles. The molecule has 0 aliphatic rings. The van der Waals surface area contributed by atoms with Crippen molar-refractivity contribution in [2.45, 2.75) is 104 Å². The van der Waals surface area contributed by atoms with Crippen LogP contribution >= 0.6 is 0 Å². The number of carbonyl (C=O) groups excluding carboxylic acids is 2. The average molecular weight is 542 g/mol. The Kier molecular flexibility index (Phi) is 15.7. The van der Waals surface area contributed by atoms with E-state index in [0.29, 0.717) is 18.1 Å². The number of unbranched alkanes of at least 4 members (excludes halogenated alkanes) is 11. The van der Waals surface area contributed by atoms with Gasteiger partial charge in [-0.1, -0.05) is 83.6 Å². The van der Waals surface area contributed by atoms with Crippen LogP contribution in [0.25, 0.3) is 0 Å². The van der Waals surface area contributed by atoms with Gasteiger partial charge >= 0.3 is 6.09 Å². The van der Waals surface area contributed by atoms with Crippen molar-refractivity contribution in [2.24, 2.45) is 7.05 Å². The van der Waals surface area contributed by atoms with Crippen molar-refractivity contribution in [1.82, 2.24) is 4.90 Å². The molecule has 39 heavy (non-hydrogen) atoms. The summed E-state index contributed by atoms with van der Waals surface area (Å²) in [5.74, 6) is 0.909. The molecule has 0 N–H and O–H groups in total. The van der Waals surface area contributed by atoms with E-state index < -0.39 is 6.09 Å². The van der Waals surface area contributed by atoms with Crippen molar-refractivity contribution >= 4 is 12.0 Å². The third-order valence-electron chi connectivity index (χ3n) is 6.79. The first-order valence-corrected chi connectivity index (χ1v) is 14.6. The highest BCUT2D eigenvalue weighted by molar-refractivity contribution is 5.90. The number of hydrogen-bond acceptors (Lipinski definition) is 5. The molecular weight excluding hydrogens is 492 g/mol. The number of hydrogen-bond donors (Lipinski definition) is 0. The predicted octanol–water partition coefficient (Wildman–Crippen LogP) is 7.28. The number of ether oxygens (including phenoxy) is 3. The van der Waals surface area contributed by atoms with Crippen LogP contribution in [0.2, 0.25) is 0 Å². The lowest BCUT2D eigenvalue weighted by Crippen LogP contribution is -2.36. The van der Waals surface area contributed by atoms with Crippen LogP contribution in [0.1, 0.15) is 102 Å². The van der Waals surface area contributed by atoms with Gasteiger partial charge in [0.25, 0.3) is 0 Å². The summed E-state index contributed by atoms with van der Waals surface area (Å²) in [6.07, 6.45) is 18.8. The molecule has 0 unspecified atom stereocenters. The Morgan fingerprint density at radius 1 is 0.846 bits per heavy atom. The average Bonchev–Trinajstić information content (AvgIpc) is 2.93. The van der Waals surface area contributed by atoms with Gasteiger partial charge < -0.3 is 14.2 Å². The number of rotatable bonds is 19. The monoisotopic (exact) mass is 541 g/mol. The van der Waals surface area contributed by atoms with Crippen molar-refractivity contribution in [1.29, 1.82) is 0 Å². The fraction of sp³-hybridized carbons (Fsp3) is 0.594. The second-order valence-corrected chi connectivity index (χ2v) is 10.3. The number of imide groups is 1. The lowest BCUT2D eigenvalue weighted by atomic mass is 10.1. The summed E-state index contributed by atoms with van der Waals surface area (Å²) in [4.78, 5) is 25.8. The first kappa shape index (κ1) is 32.1. The highest BCUT2D eigenvalue weighted by Crippen LogP contribution is 2.29. The minimum absolute atomic E-state index is 0.0283. The van der Waals surface area contributed by atoms with E-state index in [9.17, 15) is 9.59 Å². The normalized spacial score (nSPS) is 10.8. The molecule has 216 valence electrons. The van der Waals surface area contributed by atoms with Gasteiger partial charge in [-0.05, 0) is 30.2 Å². The molecule has 0 fully saturated rings. The Hall–Kier alpha value is -3.09. The zero-order valence-electron chi connectivity index (χ0n) is 24.6. The number of amides is 2. The molecule has 2 amide bonds. The zero-order valence-corrected chi connectivity index (χ0v) is 24.6. The molecule has 2 rings (SSSR count). The van der Waals surface area contributed by atoms with E-state index in [-0.39, 0.29) is 19.1 Å². The lowest BCUT2D eigenvalue weighted by Gasteiger charge is -2.18. The van der Waals surface area contributed by atoms with Crippen LogP contribution in [-0.4, -0.2) is 30.6 Å². The number of methoxy groups -OCH3 is 1. The summed E-state index contributed by atoms with van der Waals surface area (Å²) in [5.41, 5.74) is 1.59. The van der Waals surface area contributed by atoms with Gasteiger partial charge in [-0.25, -0.2) is 14.3 Å². The highest BCUT2D eigenvalue weighted by Gasteiger charge is 2.21. The number of carbonyl (C=O) groups is 2. The Morgan fingerprint density at radius 2 is 1.49 bits per heavy atom. The summed E-state index contributed by atoms with van der Waals surface area (Å²) < 4.78 is 18.8. The molecule has 1 heterocycles. The number of aryl methyl sites for hydroxylation is 1. The lowest BCUT2D eigenvalue weighted by molar-refractivity contribution is -0.672. The molecule has 0 saturated heterocycles. The molecule has 1 aromatic heterocycles. The van der Waals surface area contributed by atoms with E-state index in [4.69, 9.17) is 14.2 Å². The maximum atomic E-state index is 12.6.